The highest BCUT2D eigenvalue weighted by molar-refractivity contribution is 5.94. The number of rotatable bonds is 3. The largest absolute Gasteiger partial charge is 0.372 e. The maximum atomic E-state index is 13.6. The number of pyridine rings is 1. The molecule has 0 spiro atoms. The fraction of sp³-hybridized carbons (Fsp3) is 0.462. The van der Waals surface area contributed by atoms with Gasteiger partial charge in [0.2, 0.25) is 0 Å². The third-order valence-corrected chi connectivity index (χ3v) is 6.98. The van der Waals surface area contributed by atoms with Gasteiger partial charge in [-0.05, 0) is 62.8 Å². The fourth-order valence-corrected chi connectivity index (χ4v) is 5.00. The van der Waals surface area contributed by atoms with Crippen LogP contribution < -0.4 is 15.2 Å². The van der Waals surface area contributed by atoms with Gasteiger partial charge in [0, 0.05) is 56.4 Å². The molecule has 3 heterocycles. The van der Waals surface area contributed by atoms with Crippen LogP contribution in [-0.4, -0.2) is 55.2 Å². The number of hydrogen-bond donors (Lipinski definition) is 0. The van der Waals surface area contributed by atoms with Crippen LogP contribution in [0.15, 0.2) is 47.4 Å². The topological polar surface area (TPSA) is 39.7 Å². The number of aromatic nitrogens is 1. The lowest BCUT2D eigenvalue weighted by molar-refractivity contribution is 0.209. The normalized spacial score (nSPS) is 18.3. The van der Waals surface area contributed by atoms with Crippen LogP contribution in [0.25, 0.3) is 21.7 Å². The standard InChI is InChI=1S/C26H32N4O/c1-19(2)28-12-14-30(15-13-28)22-17-24-25(27-18-22)9-7-20-6-8-21(16-23(20)26(24)31)29-10-4-3-5-11-29/h6-9,16-19H,3-5,10-15H2,1-2H3. The summed E-state index contributed by atoms with van der Waals surface area (Å²) in [5.41, 5.74) is 3.08. The van der Waals surface area contributed by atoms with Crippen LogP contribution in [0.1, 0.15) is 33.1 Å². The van der Waals surface area contributed by atoms with Crippen LogP contribution in [0, 0.1) is 0 Å². The third kappa shape index (κ3) is 3.99. The molecular weight excluding hydrogens is 384 g/mol. The van der Waals surface area contributed by atoms with Gasteiger partial charge in [0.15, 0.2) is 5.43 Å². The van der Waals surface area contributed by atoms with Gasteiger partial charge in [-0.25, -0.2) is 0 Å². The first-order valence-electron chi connectivity index (χ1n) is 11.7. The van der Waals surface area contributed by atoms with Crippen LogP contribution in [0.3, 0.4) is 0 Å². The highest BCUT2D eigenvalue weighted by atomic mass is 16.1. The molecule has 0 N–H and O–H groups in total. The summed E-state index contributed by atoms with van der Waals surface area (Å²) >= 11 is 0. The van der Waals surface area contributed by atoms with Gasteiger partial charge < -0.3 is 9.80 Å². The Labute approximate surface area is 184 Å². The monoisotopic (exact) mass is 416 g/mol. The summed E-state index contributed by atoms with van der Waals surface area (Å²) in [7, 11) is 0. The lowest BCUT2D eigenvalue weighted by Crippen LogP contribution is -2.48. The molecule has 0 amide bonds. The number of anilines is 2. The van der Waals surface area contributed by atoms with Crippen LogP contribution >= 0.6 is 0 Å². The molecule has 2 aliphatic heterocycles. The molecule has 2 fully saturated rings. The SMILES string of the molecule is CC(C)N1CCN(c2cnc3ccc4ccc(N5CCCCC5)cc4c(=O)c3c2)CC1. The van der Waals surface area contributed by atoms with Crippen molar-refractivity contribution in [1.82, 2.24) is 9.88 Å². The number of benzene rings is 1. The van der Waals surface area contributed by atoms with Gasteiger partial charge in [-0.3, -0.25) is 14.7 Å². The second-order valence-corrected chi connectivity index (χ2v) is 9.22. The van der Waals surface area contributed by atoms with Gasteiger partial charge in [-0.2, -0.15) is 0 Å². The van der Waals surface area contributed by atoms with E-state index >= 15 is 0 Å². The maximum Gasteiger partial charge on any atom is 0.195 e. The van der Waals surface area contributed by atoms with Crippen LogP contribution in [-0.2, 0) is 0 Å². The molecule has 0 saturated carbocycles. The van der Waals surface area contributed by atoms with E-state index in [1.807, 2.05) is 18.3 Å². The van der Waals surface area contributed by atoms with E-state index in [9.17, 15) is 4.79 Å². The van der Waals surface area contributed by atoms with Gasteiger partial charge in [0.25, 0.3) is 0 Å². The first kappa shape index (κ1) is 20.3. The van der Waals surface area contributed by atoms with Crippen molar-refractivity contribution in [3.8, 4) is 0 Å². The van der Waals surface area contributed by atoms with Crippen molar-refractivity contribution in [3.63, 3.8) is 0 Å². The summed E-state index contributed by atoms with van der Waals surface area (Å²) in [4.78, 5) is 25.6. The number of piperidine rings is 1. The predicted molar refractivity (Wildman–Crippen MR) is 131 cm³/mol. The number of fused-ring (bicyclic) bond motifs is 2. The van der Waals surface area contributed by atoms with E-state index in [0.717, 1.165) is 72.3 Å². The Bertz CT molecular complexity index is 1150. The second kappa shape index (κ2) is 8.46. The molecule has 5 rings (SSSR count). The van der Waals surface area contributed by atoms with Crippen molar-refractivity contribution in [2.45, 2.75) is 39.2 Å². The molecule has 0 atom stereocenters. The van der Waals surface area contributed by atoms with E-state index in [0.29, 0.717) is 6.04 Å². The average Bonchev–Trinajstić information content (AvgIpc) is 2.96. The van der Waals surface area contributed by atoms with E-state index < -0.39 is 0 Å². The van der Waals surface area contributed by atoms with Crippen LogP contribution in [0.4, 0.5) is 11.4 Å². The first-order chi connectivity index (χ1) is 15.1. The number of hydrogen-bond acceptors (Lipinski definition) is 5. The summed E-state index contributed by atoms with van der Waals surface area (Å²) in [6, 6.07) is 13.0. The fourth-order valence-electron chi connectivity index (χ4n) is 5.00. The molecule has 5 nitrogen and oxygen atoms in total. The van der Waals surface area contributed by atoms with E-state index in [-0.39, 0.29) is 5.43 Å². The quantitative estimate of drug-likeness (QED) is 0.638. The molecule has 2 aromatic carbocycles. The predicted octanol–water partition coefficient (Wildman–Crippen LogP) is 4.27. The molecule has 1 aromatic heterocycles. The minimum atomic E-state index is 0.0871. The second-order valence-electron chi connectivity index (χ2n) is 9.22. The summed E-state index contributed by atoms with van der Waals surface area (Å²) in [6.07, 6.45) is 5.68. The zero-order valence-electron chi connectivity index (χ0n) is 18.7. The zero-order valence-corrected chi connectivity index (χ0v) is 18.7. The highest BCUT2D eigenvalue weighted by Gasteiger charge is 2.20. The molecule has 0 bridgehead atoms. The molecule has 0 radical (unpaired) electrons. The zero-order chi connectivity index (χ0) is 21.4. The molecule has 31 heavy (non-hydrogen) atoms. The van der Waals surface area contributed by atoms with E-state index in [2.05, 4.69) is 57.8 Å². The molecule has 2 saturated heterocycles. The summed E-state index contributed by atoms with van der Waals surface area (Å²) in [5, 5.41) is 2.49. The molecular formula is C26H32N4O. The smallest absolute Gasteiger partial charge is 0.195 e. The van der Waals surface area contributed by atoms with Gasteiger partial charge in [0.1, 0.15) is 0 Å². The van der Waals surface area contributed by atoms with Crippen molar-refractivity contribution >= 4 is 33.1 Å². The summed E-state index contributed by atoms with van der Waals surface area (Å²) in [6.45, 7) is 10.7. The molecule has 3 aromatic rings. The molecule has 2 aliphatic rings. The Hall–Kier alpha value is -2.66. The van der Waals surface area contributed by atoms with Crippen molar-refractivity contribution in [3.05, 3.63) is 52.8 Å². The van der Waals surface area contributed by atoms with Gasteiger partial charge in [-0.15, -0.1) is 0 Å². The number of piperazine rings is 1. The minimum Gasteiger partial charge on any atom is -0.372 e. The van der Waals surface area contributed by atoms with E-state index in [4.69, 9.17) is 0 Å². The number of nitrogens with zero attached hydrogens (tertiary/aromatic N) is 4. The molecule has 0 unspecified atom stereocenters. The van der Waals surface area contributed by atoms with E-state index in [1.165, 1.54) is 19.3 Å². The summed E-state index contributed by atoms with van der Waals surface area (Å²) < 4.78 is 0. The Morgan fingerprint density at radius 3 is 2.19 bits per heavy atom. The van der Waals surface area contributed by atoms with Gasteiger partial charge in [-0.1, -0.05) is 12.1 Å². The van der Waals surface area contributed by atoms with Gasteiger partial charge >= 0.3 is 0 Å². The molecule has 0 aliphatic carbocycles. The average molecular weight is 417 g/mol. The van der Waals surface area contributed by atoms with E-state index in [1.54, 1.807) is 0 Å². The van der Waals surface area contributed by atoms with Crippen molar-refractivity contribution in [1.29, 1.82) is 0 Å². The third-order valence-electron chi connectivity index (χ3n) is 6.98. The first-order valence-corrected chi connectivity index (χ1v) is 11.7. The summed E-state index contributed by atoms with van der Waals surface area (Å²) in [5.74, 6) is 0. The Morgan fingerprint density at radius 2 is 1.45 bits per heavy atom. The van der Waals surface area contributed by atoms with Crippen molar-refractivity contribution in [2.75, 3.05) is 49.1 Å². The lowest BCUT2D eigenvalue weighted by atomic mass is 10.1. The minimum absolute atomic E-state index is 0.0871. The maximum absolute atomic E-state index is 13.6. The Kier molecular flexibility index (Phi) is 5.53. The Morgan fingerprint density at radius 1 is 0.774 bits per heavy atom. The van der Waals surface area contributed by atoms with Gasteiger partial charge in [0.05, 0.1) is 22.8 Å². The van der Waals surface area contributed by atoms with Crippen LogP contribution in [0.5, 0.6) is 0 Å². The van der Waals surface area contributed by atoms with Crippen molar-refractivity contribution in [2.24, 2.45) is 0 Å². The van der Waals surface area contributed by atoms with Crippen LogP contribution in [0.2, 0.25) is 0 Å². The molecule has 5 heteroatoms. The van der Waals surface area contributed by atoms with Crippen molar-refractivity contribution < 1.29 is 0 Å². The lowest BCUT2D eigenvalue weighted by Gasteiger charge is -2.38. The highest BCUT2D eigenvalue weighted by Crippen LogP contribution is 2.25. The molecule has 162 valence electrons. The Balaban J connectivity index is 1.54.